The van der Waals surface area contributed by atoms with E-state index in [-0.39, 0.29) is 31.2 Å². The zero-order valence-electron chi connectivity index (χ0n) is 14.5. The Morgan fingerprint density at radius 1 is 1.12 bits per heavy atom. The van der Waals surface area contributed by atoms with Crippen LogP contribution in [0.3, 0.4) is 0 Å². The average Bonchev–Trinajstić information content (AvgIpc) is 2.67. The molecule has 26 heavy (non-hydrogen) atoms. The van der Waals surface area contributed by atoms with Gasteiger partial charge in [-0.2, -0.15) is 4.31 Å². The highest BCUT2D eigenvalue weighted by Crippen LogP contribution is 2.17. The van der Waals surface area contributed by atoms with Gasteiger partial charge in [0, 0.05) is 38.3 Å². The number of hydrogen-bond acceptors (Lipinski definition) is 6. The summed E-state index contributed by atoms with van der Waals surface area (Å²) < 4.78 is 24.6. The zero-order chi connectivity index (χ0) is 18.7. The maximum absolute atomic E-state index is 12.8. The molecule has 0 radical (unpaired) electrons. The molecule has 1 aliphatic rings. The second-order valence-corrected chi connectivity index (χ2v) is 8.07. The van der Waals surface area contributed by atoms with E-state index >= 15 is 0 Å². The largest absolute Gasteiger partial charge is 0.335 e. The molecule has 1 saturated heterocycles. The number of nitrogens with two attached hydrogens (primary N) is 1. The maximum atomic E-state index is 12.8. The van der Waals surface area contributed by atoms with Crippen LogP contribution in [0.4, 0.5) is 0 Å². The van der Waals surface area contributed by atoms with E-state index in [1.54, 1.807) is 11.0 Å². The van der Waals surface area contributed by atoms with Crippen LogP contribution >= 0.6 is 0 Å². The minimum atomic E-state index is -3.24. The van der Waals surface area contributed by atoms with Gasteiger partial charge in [0.1, 0.15) is 5.69 Å². The van der Waals surface area contributed by atoms with E-state index in [1.165, 1.54) is 10.6 Å². The van der Waals surface area contributed by atoms with Gasteiger partial charge in [0.2, 0.25) is 10.0 Å². The highest BCUT2D eigenvalue weighted by molar-refractivity contribution is 7.88. The fourth-order valence-electron chi connectivity index (χ4n) is 2.81. The molecule has 138 valence electrons. The summed E-state index contributed by atoms with van der Waals surface area (Å²) in [6.45, 7) is 1.42. The molecule has 9 heteroatoms. The molecular formula is C17H21N5O3S. The van der Waals surface area contributed by atoms with Gasteiger partial charge in [-0.3, -0.25) is 4.79 Å². The van der Waals surface area contributed by atoms with Crippen molar-refractivity contribution in [3.05, 3.63) is 47.8 Å². The highest BCUT2D eigenvalue weighted by atomic mass is 32.2. The Labute approximate surface area is 152 Å². The van der Waals surface area contributed by atoms with Gasteiger partial charge in [-0.15, -0.1) is 0 Å². The Hall–Kier alpha value is -2.36. The van der Waals surface area contributed by atoms with Gasteiger partial charge in [-0.05, 0) is 6.07 Å². The van der Waals surface area contributed by atoms with Crippen LogP contribution in [0, 0.1) is 0 Å². The first-order chi connectivity index (χ1) is 12.4. The number of carbonyl (C=O) groups is 1. The number of piperazine rings is 1. The highest BCUT2D eigenvalue weighted by Gasteiger charge is 2.27. The Morgan fingerprint density at radius 2 is 1.77 bits per heavy atom. The molecule has 1 aliphatic heterocycles. The molecule has 1 fully saturated rings. The van der Waals surface area contributed by atoms with E-state index in [2.05, 4.69) is 9.97 Å². The molecular weight excluding hydrogens is 354 g/mol. The lowest BCUT2D eigenvalue weighted by molar-refractivity contribution is 0.0692. The number of nitrogens with zero attached hydrogens (tertiary/aromatic N) is 4. The van der Waals surface area contributed by atoms with Gasteiger partial charge in [-0.1, -0.05) is 30.3 Å². The molecule has 1 amide bonds. The topological polar surface area (TPSA) is 109 Å². The van der Waals surface area contributed by atoms with Crippen molar-refractivity contribution >= 4 is 15.9 Å². The van der Waals surface area contributed by atoms with Crippen molar-refractivity contribution in [1.82, 2.24) is 19.2 Å². The summed E-state index contributed by atoms with van der Waals surface area (Å²) in [5.74, 6) is 0.208. The van der Waals surface area contributed by atoms with Crippen LogP contribution in [0.5, 0.6) is 0 Å². The monoisotopic (exact) mass is 375 g/mol. The minimum Gasteiger partial charge on any atom is -0.335 e. The van der Waals surface area contributed by atoms with Crippen molar-refractivity contribution in [3.8, 4) is 11.4 Å². The fourth-order valence-corrected chi connectivity index (χ4v) is 3.64. The van der Waals surface area contributed by atoms with Crippen molar-refractivity contribution in [2.45, 2.75) is 6.54 Å². The quantitative estimate of drug-likeness (QED) is 0.824. The molecule has 0 saturated carbocycles. The fraction of sp³-hybridized carbons (Fsp3) is 0.353. The number of sulfonamides is 1. The van der Waals surface area contributed by atoms with Crippen LogP contribution in [0.1, 0.15) is 16.2 Å². The van der Waals surface area contributed by atoms with Crippen molar-refractivity contribution in [3.63, 3.8) is 0 Å². The van der Waals surface area contributed by atoms with Crippen LogP contribution < -0.4 is 5.73 Å². The maximum Gasteiger partial charge on any atom is 0.272 e. The Morgan fingerprint density at radius 3 is 2.35 bits per heavy atom. The van der Waals surface area contributed by atoms with Crippen LogP contribution in [0.25, 0.3) is 11.4 Å². The number of rotatable bonds is 4. The average molecular weight is 375 g/mol. The number of carbonyl (C=O) groups excluding carboxylic acids is 1. The molecule has 0 bridgehead atoms. The van der Waals surface area contributed by atoms with Crippen LogP contribution in [-0.4, -0.2) is 65.9 Å². The molecule has 0 aliphatic carbocycles. The standard InChI is InChI=1S/C17H21N5O3S/c1-26(24,25)22-9-7-21(8-10-22)17(23)15-11-14(12-18)19-16(20-15)13-5-3-2-4-6-13/h2-6,11H,7-10,12,18H2,1H3. The van der Waals surface area contributed by atoms with Gasteiger partial charge >= 0.3 is 0 Å². The summed E-state index contributed by atoms with van der Waals surface area (Å²) in [6.07, 6.45) is 1.18. The number of hydrogen-bond donors (Lipinski definition) is 1. The lowest BCUT2D eigenvalue weighted by atomic mass is 10.2. The zero-order valence-corrected chi connectivity index (χ0v) is 15.3. The molecule has 2 heterocycles. The predicted molar refractivity (Wildman–Crippen MR) is 97.7 cm³/mol. The molecule has 2 N–H and O–H groups in total. The molecule has 2 aromatic rings. The second kappa shape index (κ2) is 7.48. The molecule has 8 nitrogen and oxygen atoms in total. The molecule has 0 spiro atoms. The summed E-state index contributed by atoms with van der Waals surface area (Å²) >= 11 is 0. The van der Waals surface area contributed by atoms with Crippen molar-refractivity contribution in [1.29, 1.82) is 0 Å². The summed E-state index contributed by atoms with van der Waals surface area (Å²) in [5.41, 5.74) is 7.38. The van der Waals surface area contributed by atoms with Gasteiger partial charge in [0.25, 0.3) is 5.91 Å². The number of aromatic nitrogens is 2. The number of benzene rings is 1. The second-order valence-electron chi connectivity index (χ2n) is 6.09. The third-order valence-electron chi connectivity index (χ3n) is 4.23. The van der Waals surface area contributed by atoms with Gasteiger partial charge in [-0.25, -0.2) is 18.4 Å². The van der Waals surface area contributed by atoms with E-state index < -0.39 is 10.0 Å². The molecule has 0 atom stereocenters. The Balaban J connectivity index is 1.84. The van der Waals surface area contributed by atoms with E-state index in [9.17, 15) is 13.2 Å². The van der Waals surface area contributed by atoms with Gasteiger partial charge in [0.15, 0.2) is 5.82 Å². The van der Waals surface area contributed by atoms with Crippen LogP contribution in [0.15, 0.2) is 36.4 Å². The van der Waals surface area contributed by atoms with Crippen LogP contribution in [-0.2, 0) is 16.6 Å². The SMILES string of the molecule is CS(=O)(=O)N1CCN(C(=O)c2cc(CN)nc(-c3ccccc3)n2)CC1. The molecule has 0 unspecified atom stereocenters. The minimum absolute atomic E-state index is 0.199. The molecule has 1 aromatic heterocycles. The third kappa shape index (κ3) is 4.06. The normalized spacial score (nSPS) is 15.8. The van der Waals surface area contributed by atoms with Crippen molar-refractivity contribution < 1.29 is 13.2 Å². The van der Waals surface area contributed by atoms with Gasteiger partial charge < -0.3 is 10.6 Å². The Kier molecular flexibility index (Phi) is 5.30. The van der Waals surface area contributed by atoms with E-state index in [0.29, 0.717) is 24.6 Å². The first kappa shape index (κ1) is 18.4. The third-order valence-corrected chi connectivity index (χ3v) is 5.54. The number of amides is 1. The predicted octanol–water partition coefficient (Wildman–Crippen LogP) is 0.320. The van der Waals surface area contributed by atoms with E-state index in [4.69, 9.17) is 5.73 Å². The van der Waals surface area contributed by atoms with Crippen molar-refractivity contribution in [2.24, 2.45) is 5.73 Å². The van der Waals surface area contributed by atoms with Crippen LogP contribution in [0.2, 0.25) is 0 Å². The van der Waals surface area contributed by atoms with Crippen molar-refractivity contribution in [2.75, 3.05) is 32.4 Å². The summed E-state index contributed by atoms with van der Waals surface area (Å²) in [5, 5.41) is 0. The Bertz CT molecular complexity index is 894. The lowest BCUT2D eigenvalue weighted by Crippen LogP contribution is -2.50. The summed E-state index contributed by atoms with van der Waals surface area (Å²) in [4.78, 5) is 23.2. The lowest BCUT2D eigenvalue weighted by Gasteiger charge is -2.33. The summed E-state index contributed by atoms with van der Waals surface area (Å²) in [6, 6.07) is 11.0. The summed E-state index contributed by atoms with van der Waals surface area (Å²) in [7, 11) is -3.24. The first-order valence-electron chi connectivity index (χ1n) is 8.26. The van der Waals surface area contributed by atoms with E-state index in [0.717, 1.165) is 5.56 Å². The van der Waals surface area contributed by atoms with Gasteiger partial charge in [0.05, 0.1) is 11.9 Å². The van der Waals surface area contributed by atoms with E-state index in [1.807, 2.05) is 30.3 Å². The molecule has 3 rings (SSSR count). The molecule has 1 aromatic carbocycles. The first-order valence-corrected chi connectivity index (χ1v) is 10.1. The smallest absolute Gasteiger partial charge is 0.272 e.